The normalized spacial score (nSPS) is 11.1. The molecule has 0 heterocycles. The summed E-state index contributed by atoms with van der Waals surface area (Å²) in [6, 6.07) is 10.4. The van der Waals surface area contributed by atoms with Crippen LogP contribution in [0.25, 0.3) is 0 Å². The molecule has 0 aliphatic rings. The van der Waals surface area contributed by atoms with Gasteiger partial charge in [-0.15, -0.1) is 17.0 Å². The third kappa shape index (κ3) is 4.53. The summed E-state index contributed by atoms with van der Waals surface area (Å²) in [5.41, 5.74) is 11.7. The number of guanidine groups is 1. The van der Waals surface area contributed by atoms with Crippen LogP contribution in [0.1, 0.15) is 6.92 Å². The predicted molar refractivity (Wildman–Crippen MR) is 75.3 cm³/mol. The molecule has 0 saturated carbocycles. The van der Waals surface area contributed by atoms with Crippen LogP contribution in [0, 0.1) is 0 Å². The largest absolute Gasteiger partial charge is 0.370 e. The molecule has 0 aliphatic carbocycles. The van der Waals surface area contributed by atoms with E-state index < -0.39 is 0 Å². The minimum Gasteiger partial charge on any atom is -0.370 e. The maximum absolute atomic E-state index is 5.29. The van der Waals surface area contributed by atoms with E-state index in [0.29, 0.717) is 6.54 Å². The van der Waals surface area contributed by atoms with E-state index in [9.17, 15) is 0 Å². The van der Waals surface area contributed by atoms with Crippen molar-refractivity contribution in [3.63, 3.8) is 0 Å². The fraction of sp³-hybridized carbons (Fsp3) is 0.364. The Morgan fingerprint density at radius 1 is 1.31 bits per heavy atom. The molecule has 1 atom stereocenters. The number of nitrogens with zero attached hydrogens (tertiary/aromatic N) is 2. The van der Waals surface area contributed by atoms with E-state index in [1.165, 1.54) is 0 Å². The number of aliphatic imine (C=N–C) groups is 1. The van der Waals surface area contributed by atoms with Crippen molar-refractivity contribution in [2.24, 2.45) is 16.5 Å². The molecule has 0 aromatic heterocycles. The Balaban J connectivity index is 0.00000225. The van der Waals surface area contributed by atoms with Crippen LogP contribution in [-0.4, -0.2) is 25.6 Å². The molecule has 0 fully saturated rings. The molecule has 0 radical (unpaired) electrons. The van der Waals surface area contributed by atoms with Gasteiger partial charge in [-0.25, -0.2) is 0 Å². The van der Waals surface area contributed by atoms with E-state index in [4.69, 9.17) is 11.5 Å². The van der Waals surface area contributed by atoms with Crippen LogP contribution in [0.4, 0.5) is 5.69 Å². The van der Waals surface area contributed by atoms with Crippen LogP contribution in [0.15, 0.2) is 35.3 Å². The molecule has 5 heteroatoms. The highest BCUT2D eigenvalue weighted by Crippen LogP contribution is 2.13. The fourth-order valence-electron chi connectivity index (χ4n) is 1.28. The van der Waals surface area contributed by atoms with Crippen LogP contribution in [0.2, 0.25) is 0 Å². The van der Waals surface area contributed by atoms with Crippen molar-refractivity contribution in [3.8, 4) is 0 Å². The van der Waals surface area contributed by atoms with E-state index in [-0.39, 0.29) is 29.0 Å². The second-order valence-electron chi connectivity index (χ2n) is 3.56. The van der Waals surface area contributed by atoms with Crippen molar-refractivity contribution in [1.29, 1.82) is 0 Å². The quantitative estimate of drug-likeness (QED) is 0.649. The maximum Gasteiger partial charge on any atom is 0.185 e. The number of benzene rings is 1. The van der Waals surface area contributed by atoms with Gasteiger partial charge in [0.2, 0.25) is 0 Å². The van der Waals surface area contributed by atoms with Gasteiger partial charge in [0.15, 0.2) is 5.96 Å². The molecule has 0 spiro atoms. The molecular weight excluding hydrogens is 268 g/mol. The first-order chi connectivity index (χ1) is 7.11. The molecule has 0 aliphatic heterocycles. The van der Waals surface area contributed by atoms with Crippen molar-refractivity contribution in [2.45, 2.75) is 13.0 Å². The summed E-state index contributed by atoms with van der Waals surface area (Å²) in [5.74, 6) is 0.142. The Hall–Kier alpha value is -1.23. The molecule has 1 aromatic carbocycles. The van der Waals surface area contributed by atoms with Gasteiger partial charge in [0.1, 0.15) is 0 Å². The second kappa shape index (κ2) is 7.11. The number of anilines is 1. The van der Waals surface area contributed by atoms with Crippen LogP contribution in [0.5, 0.6) is 0 Å². The standard InChI is InChI=1S/C11H18N4.BrH/c1-9(8-14-11(12)13)15(2)10-6-4-3-5-7-10;/h3-7,9H,8H2,1-2H3,(H4,12,13,14);1H. The van der Waals surface area contributed by atoms with Gasteiger partial charge in [-0.1, -0.05) is 18.2 Å². The predicted octanol–water partition coefficient (Wildman–Crippen LogP) is 1.36. The van der Waals surface area contributed by atoms with Crippen LogP contribution < -0.4 is 16.4 Å². The number of hydrogen-bond acceptors (Lipinski definition) is 2. The minimum atomic E-state index is 0. The van der Waals surface area contributed by atoms with Gasteiger partial charge < -0.3 is 16.4 Å². The summed E-state index contributed by atoms with van der Waals surface area (Å²) >= 11 is 0. The Bertz CT molecular complexity index is 322. The first-order valence-corrected chi connectivity index (χ1v) is 4.94. The van der Waals surface area contributed by atoms with E-state index in [0.717, 1.165) is 5.69 Å². The highest BCUT2D eigenvalue weighted by atomic mass is 79.9. The van der Waals surface area contributed by atoms with Crippen molar-refractivity contribution >= 4 is 28.6 Å². The monoisotopic (exact) mass is 286 g/mol. The smallest absolute Gasteiger partial charge is 0.185 e. The van der Waals surface area contributed by atoms with Gasteiger partial charge in [-0.2, -0.15) is 0 Å². The van der Waals surface area contributed by atoms with E-state index in [2.05, 4.69) is 28.9 Å². The second-order valence-corrected chi connectivity index (χ2v) is 3.56. The topological polar surface area (TPSA) is 67.6 Å². The summed E-state index contributed by atoms with van der Waals surface area (Å²) < 4.78 is 0. The lowest BCUT2D eigenvalue weighted by Crippen LogP contribution is -2.33. The van der Waals surface area contributed by atoms with E-state index >= 15 is 0 Å². The highest BCUT2D eigenvalue weighted by molar-refractivity contribution is 8.93. The zero-order valence-electron chi connectivity index (χ0n) is 9.63. The molecule has 0 saturated heterocycles. The summed E-state index contributed by atoms with van der Waals surface area (Å²) in [7, 11) is 2.03. The molecule has 0 amide bonds. The Kier molecular flexibility index (Phi) is 6.56. The zero-order valence-corrected chi connectivity index (χ0v) is 11.3. The summed E-state index contributed by atoms with van der Waals surface area (Å²) in [6.45, 7) is 2.69. The molecule has 4 N–H and O–H groups in total. The Morgan fingerprint density at radius 3 is 2.38 bits per heavy atom. The van der Waals surface area contributed by atoms with Crippen LogP contribution >= 0.6 is 17.0 Å². The molecule has 1 unspecified atom stereocenters. The first kappa shape index (κ1) is 14.8. The Labute approximate surface area is 107 Å². The maximum atomic E-state index is 5.29. The third-order valence-corrected chi connectivity index (χ3v) is 2.36. The van der Waals surface area contributed by atoms with Gasteiger partial charge in [0, 0.05) is 18.8 Å². The highest BCUT2D eigenvalue weighted by Gasteiger charge is 2.08. The van der Waals surface area contributed by atoms with Gasteiger partial charge in [-0.3, -0.25) is 4.99 Å². The van der Waals surface area contributed by atoms with Gasteiger partial charge in [-0.05, 0) is 19.1 Å². The molecule has 0 bridgehead atoms. The molecule has 1 aromatic rings. The number of likely N-dealkylation sites (N-methyl/N-ethyl adjacent to an activating group) is 1. The van der Waals surface area contributed by atoms with Crippen molar-refractivity contribution in [2.75, 3.05) is 18.5 Å². The Morgan fingerprint density at radius 2 is 1.88 bits per heavy atom. The lowest BCUT2D eigenvalue weighted by Gasteiger charge is -2.25. The number of rotatable bonds is 4. The number of para-hydroxylation sites is 1. The van der Waals surface area contributed by atoms with Crippen LogP contribution in [0.3, 0.4) is 0 Å². The molecule has 1 rings (SSSR count). The van der Waals surface area contributed by atoms with E-state index in [1.54, 1.807) is 0 Å². The van der Waals surface area contributed by atoms with Gasteiger partial charge >= 0.3 is 0 Å². The first-order valence-electron chi connectivity index (χ1n) is 4.94. The van der Waals surface area contributed by atoms with Gasteiger partial charge in [0.25, 0.3) is 0 Å². The van der Waals surface area contributed by atoms with Crippen molar-refractivity contribution in [1.82, 2.24) is 0 Å². The van der Waals surface area contributed by atoms with Gasteiger partial charge in [0.05, 0.1) is 6.54 Å². The minimum absolute atomic E-state index is 0. The average Bonchev–Trinajstić information content (AvgIpc) is 2.26. The van der Waals surface area contributed by atoms with Crippen LogP contribution in [-0.2, 0) is 0 Å². The zero-order chi connectivity index (χ0) is 11.3. The summed E-state index contributed by atoms with van der Waals surface area (Å²) in [4.78, 5) is 6.15. The van der Waals surface area contributed by atoms with E-state index in [1.807, 2.05) is 25.2 Å². The number of nitrogens with two attached hydrogens (primary N) is 2. The average molecular weight is 287 g/mol. The number of hydrogen-bond donors (Lipinski definition) is 2. The molecule has 4 nitrogen and oxygen atoms in total. The molecular formula is C11H19BrN4. The molecule has 90 valence electrons. The lowest BCUT2D eigenvalue weighted by molar-refractivity contribution is 0.696. The summed E-state index contributed by atoms with van der Waals surface area (Å²) in [5, 5.41) is 0. The fourth-order valence-corrected chi connectivity index (χ4v) is 1.28. The SMILES string of the molecule is Br.CC(CN=C(N)N)N(C)c1ccccc1. The molecule has 16 heavy (non-hydrogen) atoms. The third-order valence-electron chi connectivity index (χ3n) is 2.36. The van der Waals surface area contributed by atoms with Crippen molar-refractivity contribution < 1.29 is 0 Å². The number of halogens is 1. The van der Waals surface area contributed by atoms with Crippen molar-refractivity contribution in [3.05, 3.63) is 30.3 Å². The lowest BCUT2D eigenvalue weighted by atomic mass is 10.2. The summed E-state index contributed by atoms with van der Waals surface area (Å²) in [6.07, 6.45) is 0.